The zero-order valence-corrected chi connectivity index (χ0v) is 47.0. The number of carbonyl (C=O) groups excluding carboxylic acids is 2. The van der Waals surface area contributed by atoms with Crippen molar-refractivity contribution in [3.63, 3.8) is 0 Å². The number of non-ortho nitro benzene ring substituents is 1. The number of rotatable bonds is 27. The van der Waals surface area contributed by atoms with Crippen LogP contribution >= 0.6 is 16.5 Å². The highest BCUT2D eigenvalue weighted by Crippen LogP contribution is 2.29. The highest BCUT2D eigenvalue weighted by Gasteiger charge is 2.40. The second kappa shape index (κ2) is 30.7. The summed E-state index contributed by atoms with van der Waals surface area (Å²) in [5.74, 6) is -0.237. The summed E-state index contributed by atoms with van der Waals surface area (Å²) >= 11 is 0. The molecule has 2 aliphatic heterocycles. The number of anilines is 1. The average Bonchev–Trinajstić information content (AvgIpc) is 4.10. The van der Waals surface area contributed by atoms with Crippen LogP contribution in [0.5, 0.6) is 0 Å². The number of nitrogens with zero attached hydrogens (tertiary/aromatic N) is 3. The molecule has 0 bridgehead atoms. The van der Waals surface area contributed by atoms with Crippen LogP contribution in [0.25, 0.3) is 0 Å². The van der Waals surface area contributed by atoms with E-state index in [1.165, 1.54) is 28.6 Å². The van der Waals surface area contributed by atoms with Gasteiger partial charge < -0.3 is 35.3 Å². The van der Waals surface area contributed by atoms with E-state index < -0.39 is 96.7 Å². The lowest BCUT2D eigenvalue weighted by atomic mass is 10.0. The number of amides is 2. The van der Waals surface area contributed by atoms with Crippen molar-refractivity contribution in [3.8, 4) is 0 Å². The summed E-state index contributed by atoms with van der Waals surface area (Å²) in [5.41, 5.74) is 7.44. The Labute approximate surface area is 456 Å². The molecule has 2 unspecified atom stereocenters. The molecular formula is C50H68N6O18P2S2+2. The normalized spacial score (nSPS) is 17.6. The second-order valence-corrected chi connectivity index (χ2v) is 24.4. The van der Waals surface area contributed by atoms with Crippen molar-refractivity contribution in [2.24, 2.45) is 11.8 Å². The summed E-state index contributed by atoms with van der Waals surface area (Å²) in [6.07, 6.45) is -3.45. The van der Waals surface area contributed by atoms with E-state index >= 15 is 0 Å². The predicted molar refractivity (Wildman–Crippen MR) is 286 cm³/mol. The van der Waals surface area contributed by atoms with E-state index in [1.54, 1.807) is 44.2 Å². The number of benzene rings is 4. The van der Waals surface area contributed by atoms with Gasteiger partial charge in [-0.25, -0.2) is 26.4 Å². The number of carbonyl (C=O) groups is 2. The fourth-order valence-corrected chi connectivity index (χ4v) is 12.4. The van der Waals surface area contributed by atoms with Gasteiger partial charge in [0.1, 0.15) is 12.2 Å². The molecule has 2 fully saturated rings. The van der Waals surface area contributed by atoms with E-state index in [2.05, 4.69) is 10.6 Å². The maximum atomic E-state index is 13.6. The molecule has 0 aliphatic carbocycles. The molecule has 2 heterocycles. The molecule has 28 heteroatoms. The lowest BCUT2D eigenvalue weighted by Gasteiger charge is -2.30. The van der Waals surface area contributed by atoms with Gasteiger partial charge in [-0.1, -0.05) is 88.4 Å². The third-order valence-electron chi connectivity index (χ3n) is 12.0. The van der Waals surface area contributed by atoms with Crippen LogP contribution in [-0.2, 0) is 70.0 Å². The summed E-state index contributed by atoms with van der Waals surface area (Å²) < 4.78 is 113. The molecule has 2 saturated heterocycles. The number of ether oxygens (including phenoxy) is 4. The van der Waals surface area contributed by atoms with Crippen molar-refractivity contribution >= 4 is 60.1 Å². The molecule has 0 radical (unpaired) electrons. The Bertz CT molecular complexity index is 2800. The summed E-state index contributed by atoms with van der Waals surface area (Å²) in [6.45, 7) is 8.17. The molecule has 426 valence electrons. The van der Waals surface area contributed by atoms with Gasteiger partial charge in [-0.05, 0) is 72.2 Å². The third-order valence-corrected chi connectivity index (χ3v) is 16.6. The van der Waals surface area contributed by atoms with Crippen LogP contribution in [0.1, 0.15) is 51.7 Å². The van der Waals surface area contributed by atoms with Gasteiger partial charge in [0.2, 0.25) is 20.0 Å². The van der Waals surface area contributed by atoms with E-state index in [0.717, 1.165) is 39.7 Å². The maximum Gasteiger partial charge on any atom is 0.695 e. The minimum Gasteiger partial charge on any atom is -0.444 e. The van der Waals surface area contributed by atoms with E-state index in [4.69, 9.17) is 33.7 Å². The molecule has 0 saturated carbocycles. The molecular weight excluding hydrogens is 1100 g/mol. The molecule has 2 aliphatic rings. The summed E-state index contributed by atoms with van der Waals surface area (Å²) in [6, 6.07) is 26.4. The predicted octanol–water partition coefficient (Wildman–Crippen LogP) is 6.48. The van der Waals surface area contributed by atoms with Crippen molar-refractivity contribution in [2.75, 3.05) is 58.3 Å². The molecule has 6 N–H and O–H groups in total. The molecule has 2 amide bonds. The summed E-state index contributed by atoms with van der Waals surface area (Å²) in [5, 5.41) is 16.5. The Morgan fingerprint density at radius 1 is 0.654 bits per heavy atom. The lowest BCUT2D eigenvalue weighted by Crippen LogP contribution is -2.52. The molecule has 4 aromatic carbocycles. The van der Waals surface area contributed by atoms with Gasteiger partial charge in [-0.3, -0.25) is 10.1 Å². The first-order valence-electron chi connectivity index (χ1n) is 24.9. The van der Waals surface area contributed by atoms with Crippen LogP contribution in [0.2, 0.25) is 0 Å². The Kier molecular flexibility index (Phi) is 24.9. The van der Waals surface area contributed by atoms with E-state index in [1.807, 2.05) is 44.2 Å². The zero-order chi connectivity index (χ0) is 57.0. The fourth-order valence-electron chi connectivity index (χ4n) is 8.31. The summed E-state index contributed by atoms with van der Waals surface area (Å²) in [4.78, 5) is 55.2. The number of hydrogen-bond acceptors (Lipinski definition) is 17. The van der Waals surface area contributed by atoms with Crippen molar-refractivity contribution in [2.45, 2.75) is 99.7 Å². The number of sulfonamides is 2. The minimum absolute atomic E-state index is 0.00328. The number of nitro benzene ring substituents is 1. The first kappa shape index (κ1) is 63.2. The maximum absolute atomic E-state index is 13.6. The van der Waals surface area contributed by atoms with Gasteiger partial charge in [0.15, 0.2) is 12.2 Å². The first-order valence-corrected chi connectivity index (χ1v) is 30.1. The highest BCUT2D eigenvalue weighted by molar-refractivity contribution is 7.89. The lowest BCUT2D eigenvalue weighted by molar-refractivity contribution is -0.384. The number of nitrogens with two attached hydrogens (primary N) is 1. The molecule has 8 atom stereocenters. The Morgan fingerprint density at radius 3 is 1.35 bits per heavy atom. The third kappa shape index (κ3) is 20.6. The average molecular weight is 1170 g/mol. The van der Waals surface area contributed by atoms with Crippen LogP contribution in [0, 0.1) is 22.0 Å². The van der Waals surface area contributed by atoms with Gasteiger partial charge in [0.05, 0.1) is 53.2 Å². The first-order chi connectivity index (χ1) is 37.0. The van der Waals surface area contributed by atoms with Gasteiger partial charge in [0, 0.05) is 66.0 Å². The Balaban J connectivity index is 0.000000288. The van der Waals surface area contributed by atoms with Crippen LogP contribution in [0.15, 0.2) is 119 Å². The van der Waals surface area contributed by atoms with Gasteiger partial charge in [-0.2, -0.15) is 8.61 Å². The number of nitro groups is 1. The van der Waals surface area contributed by atoms with Crippen LogP contribution in [0.4, 0.5) is 21.0 Å². The van der Waals surface area contributed by atoms with Gasteiger partial charge >= 0.3 is 28.7 Å². The molecule has 6 rings (SSSR count). The number of nitrogen functional groups attached to an aromatic ring is 1. The number of alkyl carbamates (subject to hydrolysis) is 2. The van der Waals surface area contributed by atoms with Crippen LogP contribution in [0.3, 0.4) is 0 Å². The topological polar surface area (TPSA) is 332 Å². The number of nitrogens with one attached hydrogen (secondary N) is 2. The van der Waals surface area contributed by atoms with E-state index in [9.17, 15) is 55.5 Å². The molecule has 78 heavy (non-hydrogen) atoms. The molecule has 0 spiro atoms. The van der Waals surface area contributed by atoms with Crippen molar-refractivity contribution in [3.05, 3.63) is 130 Å². The quantitative estimate of drug-likeness (QED) is 0.0185. The van der Waals surface area contributed by atoms with Crippen molar-refractivity contribution in [1.82, 2.24) is 19.2 Å². The van der Waals surface area contributed by atoms with Crippen LogP contribution in [-0.4, -0.2) is 141 Å². The van der Waals surface area contributed by atoms with Gasteiger partial charge in [-0.15, -0.1) is 18.8 Å². The van der Waals surface area contributed by atoms with Crippen LogP contribution < -0.4 is 16.4 Å². The highest BCUT2D eigenvalue weighted by atomic mass is 32.2. The monoisotopic (exact) mass is 1170 g/mol. The Hall–Kier alpha value is -5.60. The zero-order valence-electron chi connectivity index (χ0n) is 43.6. The second-order valence-electron chi connectivity index (χ2n) is 19.2. The van der Waals surface area contributed by atoms with Crippen molar-refractivity contribution < 1.29 is 78.3 Å². The smallest absolute Gasteiger partial charge is 0.444 e. The minimum atomic E-state index is -4.23. The summed E-state index contributed by atoms with van der Waals surface area (Å²) in [7, 11) is -14.6. The van der Waals surface area contributed by atoms with Gasteiger partial charge in [0.25, 0.3) is 5.69 Å². The SMILES string of the molecule is CC(C)CN(C[C@@H](O[P+](=O)O)[C@H](Cc1ccccc1)NC(=O)O[C@H]1CCOC1)S(=O)(=O)c1ccc(N)cc1.CC(C)CN(C[C@@H](O[P+](=O)O)[C@H](Cc1ccccc1)NC(=O)O[C@H]1CCOC1)S(=O)(=O)c1ccc([N+](=O)[O-])cc1. The number of hydrogen-bond donors (Lipinski definition) is 5. The van der Waals surface area contributed by atoms with Crippen molar-refractivity contribution in [1.29, 1.82) is 0 Å². The Morgan fingerprint density at radius 2 is 1.03 bits per heavy atom. The fraction of sp³-hybridized carbons (Fsp3) is 0.480. The largest absolute Gasteiger partial charge is 0.695 e. The van der Waals surface area contributed by atoms with E-state index in [0.29, 0.717) is 31.7 Å². The molecule has 0 aromatic heterocycles. The van der Waals surface area contributed by atoms with E-state index in [-0.39, 0.29) is 73.0 Å². The standard InChI is InChI=1S/C25H32N3O10PS.C25H34N3O8PS/c1-18(2)15-27(40(34,35)22-10-8-20(9-11-22)28(30)31)16-24(38-39(32)33)23(14-19-6-4-3-5-7-19)26-25(29)37-21-12-13-36-17-21;1-18(2)15-28(38(32,33)22-10-8-20(26)9-11-22)16-24(36-37(30)31)23(14-19-6-4-3-5-7-19)27-25(29)35-21-12-13-34-17-21/h3-11,18,21,23-24H,12-17H2,1-2H3,(H-,26,29,32,33);3-11,18,21,23-24H,12-17,26H2,1-2H3,(H-,27,29,30,31)/p+2/t2*21-,23-,24+/m00/s1. The molecule has 24 nitrogen and oxygen atoms in total. The molecule has 4 aromatic rings.